The van der Waals surface area contributed by atoms with Crippen molar-refractivity contribution in [1.82, 2.24) is 0 Å². The van der Waals surface area contributed by atoms with Gasteiger partial charge in [0.15, 0.2) is 23.0 Å². The molecule has 0 saturated carbocycles. The molecule has 1 unspecified atom stereocenters. The van der Waals surface area contributed by atoms with Crippen LogP contribution in [-0.2, 0) is 9.47 Å². The molecule has 2 aromatic rings. The lowest BCUT2D eigenvalue weighted by Gasteiger charge is -2.19. The van der Waals surface area contributed by atoms with Gasteiger partial charge in [-0.2, -0.15) is 0 Å². The number of methoxy groups -OCH3 is 1. The SMILES string of the molecule is C=C(C)C(O)COc1ccc([C@H]2OC[C@H]3[C@@H]2CO[C@@H]3c2ccc3c(c2)OCO3)cc1OC. The molecule has 3 heterocycles. The van der Waals surface area contributed by atoms with Gasteiger partial charge in [0.1, 0.15) is 12.7 Å². The smallest absolute Gasteiger partial charge is 0.231 e. The summed E-state index contributed by atoms with van der Waals surface area (Å²) in [5, 5.41) is 9.94. The average Bonchev–Trinajstić information content (AvgIpc) is 3.52. The molecule has 0 amide bonds. The van der Waals surface area contributed by atoms with Gasteiger partial charge in [-0.15, -0.1) is 0 Å². The van der Waals surface area contributed by atoms with Crippen molar-refractivity contribution in [2.75, 3.05) is 33.7 Å². The summed E-state index contributed by atoms with van der Waals surface area (Å²) in [6.45, 7) is 7.15. The number of hydrogen-bond donors (Lipinski definition) is 1. The van der Waals surface area contributed by atoms with E-state index in [1.165, 1.54) is 0 Å². The number of benzene rings is 2. The van der Waals surface area contributed by atoms with Crippen LogP contribution in [0.1, 0.15) is 30.3 Å². The Balaban J connectivity index is 1.31. The van der Waals surface area contributed by atoms with Gasteiger partial charge in [-0.05, 0) is 47.9 Å². The second-order valence-corrected chi connectivity index (χ2v) is 8.53. The summed E-state index contributed by atoms with van der Waals surface area (Å²) in [5.74, 6) is 3.22. The van der Waals surface area contributed by atoms with E-state index in [1.54, 1.807) is 14.0 Å². The first kappa shape index (κ1) is 21.1. The molecule has 3 aliphatic rings. The first-order chi connectivity index (χ1) is 15.5. The largest absolute Gasteiger partial charge is 0.493 e. The van der Waals surface area contributed by atoms with Crippen molar-refractivity contribution >= 4 is 0 Å². The van der Waals surface area contributed by atoms with Crippen LogP contribution in [0.4, 0.5) is 0 Å². The summed E-state index contributed by atoms with van der Waals surface area (Å²) < 4.78 is 34.7. The van der Waals surface area contributed by atoms with Crippen molar-refractivity contribution in [3.63, 3.8) is 0 Å². The fraction of sp³-hybridized carbons (Fsp3) is 0.440. The predicted molar refractivity (Wildman–Crippen MR) is 116 cm³/mol. The average molecular weight is 440 g/mol. The summed E-state index contributed by atoms with van der Waals surface area (Å²) in [7, 11) is 1.60. The van der Waals surface area contributed by atoms with Crippen LogP contribution in [0.25, 0.3) is 0 Å². The first-order valence-corrected chi connectivity index (χ1v) is 10.8. The third-order valence-corrected chi connectivity index (χ3v) is 6.47. The Kier molecular flexibility index (Phi) is 5.71. The van der Waals surface area contributed by atoms with Gasteiger partial charge >= 0.3 is 0 Å². The molecule has 5 atom stereocenters. The summed E-state index contributed by atoms with van der Waals surface area (Å²) >= 11 is 0. The monoisotopic (exact) mass is 440 g/mol. The Morgan fingerprint density at radius 2 is 1.66 bits per heavy atom. The van der Waals surface area contributed by atoms with Gasteiger partial charge in [0.25, 0.3) is 0 Å². The van der Waals surface area contributed by atoms with E-state index >= 15 is 0 Å². The minimum absolute atomic E-state index is 0.0346. The molecule has 170 valence electrons. The van der Waals surface area contributed by atoms with E-state index in [4.69, 9.17) is 28.4 Å². The summed E-state index contributed by atoms with van der Waals surface area (Å²) in [6, 6.07) is 11.8. The predicted octanol–water partition coefficient (Wildman–Crippen LogP) is 3.81. The second kappa shape index (κ2) is 8.65. The van der Waals surface area contributed by atoms with E-state index in [0.29, 0.717) is 30.3 Å². The molecule has 0 aromatic heterocycles. The van der Waals surface area contributed by atoms with Crippen LogP contribution in [0.3, 0.4) is 0 Å². The number of aliphatic hydroxyl groups is 1. The van der Waals surface area contributed by atoms with Gasteiger partial charge in [0, 0.05) is 11.8 Å². The highest BCUT2D eigenvalue weighted by Gasteiger charge is 2.48. The highest BCUT2D eigenvalue weighted by molar-refractivity contribution is 5.46. The van der Waals surface area contributed by atoms with Crippen molar-refractivity contribution in [2.45, 2.75) is 25.2 Å². The molecule has 2 fully saturated rings. The zero-order valence-electron chi connectivity index (χ0n) is 18.3. The summed E-state index contributed by atoms with van der Waals surface area (Å²) in [6.07, 6.45) is -0.836. The molecule has 32 heavy (non-hydrogen) atoms. The summed E-state index contributed by atoms with van der Waals surface area (Å²) in [5.41, 5.74) is 2.77. The van der Waals surface area contributed by atoms with Gasteiger partial charge in [0.05, 0.1) is 32.5 Å². The Morgan fingerprint density at radius 3 is 2.34 bits per heavy atom. The number of aliphatic hydroxyl groups excluding tert-OH is 1. The molecule has 0 radical (unpaired) electrons. The molecule has 0 bridgehead atoms. The molecule has 5 rings (SSSR count). The van der Waals surface area contributed by atoms with Crippen molar-refractivity contribution in [2.24, 2.45) is 11.8 Å². The molecular formula is C25H28O7. The Morgan fingerprint density at radius 1 is 1.00 bits per heavy atom. The number of hydrogen-bond acceptors (Lipinski definition) is 7. The second-order valence-electron chi connectivity index (χ2n) is 8.53. The van der Waals surface area contributed by atoms with Gasteiger partial charge in [0.2, 0.25) is 6.79 Å². The zero-order chi connectivity index (χ0) is 22.2. The maximum atomic E-state index is 9.94. The molecule has 2 saturated heterocycles. The quantitative estimate of drug-likeness (QED) is 0.656. The van der Waals surface area contributed by atoms with Gasteiger partial charge < -0.3 is 33.5 Å². The zero-order valence-corrected chi connectivity index (χ0v) is 18.3. The first-order valence-electron chi connectivity index (χ1n) is 10.8. The maximum Gasteiger partial charge on any atom is 0.231 e. The number of rotatable bonds is 7. The third kappa shape index (κ3) is 3.81. The fourth-order valence-corrected chi connectivity index (χ4v) is 4.62. The minimum atomic E-state index is -0.720. The lowest BCUT2D eigenvalue weighted by atomic mass is 9.85. The van der Waals surface area contributed by atoms with Crippen molar-refractivity contribution in [1.29, 1.82) is 0 Å². The standard InChI is InChI=1S/C25H28O7/c1-14(2)19(26)12-28-20-6-4-15(8-22(20)27-3)24-17-10-30-25(18(17)11-29-24)16-5-7-21-23(9-16)32-13-31-21/h4-9,17-19,24-26H,1,10-13H2,2-3H3/t17-,18-,19?,24+,25+/m0/s1. The molecule has 0 spiro atoms. The van der Waals surface area contributed by atoms with E-state index in [0.717, 1.165) is 22.6 Å². The highest BCUT2D eigenvalue weighted by atomic mass is 16.7. The van der Waals surface area contributed by atoms with E-state index in [2.05, 4.69) is 6.58 Å². The van der Waals surface area contributed by atoms with Crippen LogP contribution >= 0.6 is 0 Å². The van der Waals surface area contributed by atoms with Crippen LogP contribution in [-0.4, -0.2) is 44.9 Å². The number of fused-ring (bicyclic) bond motifs is 2. The summed E-state index contributed by atoms with van der Waals surface area (Å²) in [4.78, 5) is 0. The fourth-order valence-electron chi connectivity index (χ4n) is 4.62. The van der Waals surface area contributed by atoms with Crippen molar-refractivity contribution in [3.8, 4) is 23.0 Å². The normalized spacial score (nSPS) is 26.6. The molecule has 0 aliphatic carbocycles. The van der Waals surface area contributed by atoms with Gasteiger partial charge in [-0.1, -0.05) is 18.7 Å². The Hall–Kier alpha value is -2.74. The molecular weight excluding hydrogens is 412 g/mol. The Bertz CT molecular complexity index is 1000. The lowest BCUT2D eigenvalue weighted by molar-refractivity contribution is 0.0191. The topological polar surface area (TPSA) is 75.6 Å². The van der Waals surface area contributed by atoms with E-state index in [1.807, 2.05) is 36.4 Å². The molecule has 7 heteroatoms. The third-order valence-electron chi connectivity index (χ3n) is 6.47. The number of ether oxygens (including phenoxy) is 6. The maximum absolute atomic E-state index is 9.94. The molecule has 7 nitrogen and oxygen atoms in total. The van der Waals surface area contributed by atoms with Crippen LogP contribution in [0, 0.1) is 11.8 Å². The van der Waals surface area contributed by atoms with Crippen LogP contribution in [0.5, 0.6) is 23.0 Å². The van der Waals surface area contributed by atoms with Crippen LogP contribution in [0.15, 0.2) is 48.6 Å². The molecule has 2 aromatic carbocycles. The van der Waals surface area contributed by atoms with Gasteiger partial charge in [-0.3, -0.25) is 0 Å². The molecule has 1 N–H and O–H groups in total. The van der Waals surface area contributed by atoms with E-state index in [-0.39, 0.29) is 37.4 Å². The highest BCUT2D eigenvalue weighted by Crippen LogP contribution is 2.51. The van der Waals surface area contributed by atoms with E-state index in [9.17, 15) is 5.11 Å². The lowest BCUT2D eigenvalue weighted by Crippen LogP contribution is -2.18. The van der Waals surface area contributed by atoms with Gasteiger partial charge in [-0.25, -0.2) is 0 Å². The molecule has 3 aliphatic heterocycles. The van der Waals surface area contributed by atoms with Crippen LogP contribution < -0.4 is 18.9 Å². The van der Waals surface area contributed by atoms with Crippen molar-refractivity contribution in [3.05, 3.63) is 59.7 Å². The van der Waals surface area contributed by atoms with Crippen LogP contribution in [0.2, 0.25) is 0 Å². The van der Waals surface area contributed by atoms with Crippen molar-refractivity contribution < 1.29 is 33.5 Å². The Labute approximate surface area is 187 Å². The van der Waals surface area contributed by atoms with E-state index < -0.39 is 6.10 Å². The minimum Gasteiger partial charge on any atom is -0.493 e.